The fraction of sp³-hybridized carbons (Fsp3) is 0.593. The third kappa shape index (κ3) is 5.50. The van der Waals surface area contributed by atoms with Crippen LogP contribution in [0.1, 0.15) is 57.4 Å². The Labute approximate surface area is 212 Å². The van der Waals surface area contributed by atoms with Gasteiger partial charge in [-0.2, -0.15) is 0 Å². The summed E-state index contributed by atoms with van der Waals surface area (Å²) in [6.07, 6.45) is 7.49. The van der Waals surface area contributed by atoms with E-state index >= 15 is 0 Å². The van der Waals surface area contributed by atoms with Gasteiger partial charge in [-0.15, -0.1) is 0 Å². The van der Waals surface area contributed by atoms with Crippen molar-refractivity contribution < 1.29 is 14.3 Å². The lowest BCUT2D eigenvalue weighted by Crippen LogP contribution is -2.49. The van der Waals surface area contributed by atoms with E-state index in [1.807, 2.05) is 25.1 Å². The molecule has 0 radical (unpaired) electrons. The number of piperazine rings is 1. The second-order valence-corrected chi connectivity index (χ2v) is 10.4. The van der Waals surface area contributed by atoms with Crippen LogP contribution in [0.5, 0.6) is 0 Å². The number of ether oxygens (including phenoxy) is 1. The summed E-state index contributed by atoms with van der Waals surface area (Å²) in [6, 6.07) is 8.30. The van der Waals surface area contributed by atoms with E-state index in [9.17, 15) is 9.59 Å². The highest BCUT2D eigenvalue weighted by atomic mass is 35.5. The van der Waals surface area contributed by atoms with Gasteiger partial charge in [0.1, 0.15) is 5.82 Å². The van der Waals surface area contributed by atoms with Crippen LogP contribution in [0.4, 0.5) is 10.6 Å². The zero-order chi connectivity index (χ0) is 24.4. The molecule has 2 saturated carbocycles. The van der Waals surface area contributed by atoms with E-state index in [-0.39, 0.29) is 12.0 Å². The minimum Gasteiger partial charge on any atom is -0.450 e. The molecule has 0 unspecified atom stereocenters. The first-order chi connectivity index (χ1) is 17.0. The summed E-state index contributed by atoms with van der Waals surface area (Å²) < 4.78 is 5.18. The van der Waals surface area contributed by atoms with Crippen LogP contribution in [0.25, 0.3) is 10.9 Å². The van der Waals surface area contributed by atoms with E-state index in [0.717, 1.165) is 60.8 Å². The Bertz CT molecular complexity index is 1080. The molecule has 0 spiro atoms. The summed E-state index contributed by atoms with van der Waals surface area (Å²) in [5.74, 6) is 1.37. The number of fused-ring (bicyclic) bond motifs is 1. The van der Waals surface area contributed by atoms with Crippen molar-refractivity contribution in [2.75, 3.05) is 37.7 Å². The summed E-state index contributed by atoms with van der Waals surface area (Å²) in [5, 5.41) is 1.68. The zero-order valence-electron chi connectivity index (χ0n) is 20.5. The predicted molar refractivity (Wildman–Crippen MR) is 138 cm³/mol. The summed E-state index contributed by atoms with van der Waals surface area (Å²) in [5.41, 5.74) is 1.92. The highest BCUT2D eigenvalue weighted by Gasteiger charge is 2.37. The van der Waals surface area contributed by atoms with Gasteiger partial charge in [-0.25, -0.2) is 9.78 Å². The van der Waals surface area contributed by atoms with Gasteiger partial charge >= 0.3 is 6.09 Å². The molecule has 2 heterocycles. The van der Waals surface area contributed by atoms with Crippen LogP contribution in [0.15, 0.2) is 24.3 Å². The van der Waals surface area contributed by atoms with E-state index < -0.39 is 0 Å². The van der Waals surface area contributed by atoms with Crippen molar-refractivity contribution in [2.45, 2.75) is 64.5 Å². The van der Waals surface area contributed by atoms with Gasteiger partial charge in [0.05, 0.1) is 12.1 Å². The molecule has 3 fully saturated rings. The minimum atomic E-state index is -0.261. The smallest absolute Gasteiger partial charge is 0.409 e. The lowest BCUT2D eigenvalue weighted by molar-refractivity contribution is -0.137. The Balaban J connectivity index is 1.42. The van der Waals surface area contributed by atoms with Gasteiger partial charge in [0.2, 0.25) is 5.91 Å². The van der Waals surface area contributed by atoms with Crippen molar-refractivity contribution in [2.24, 2.45) is 5.92 Å². The molecule has 0 N–H and O–H groups in total. The molecule has 1 saturated heterocycles. The largest absolute Gasteiger partial charge is 0.450 e. The lowest BCUT2D eigenvalue weighted by Gasteiger charge is -2.36. The molecule has 2 aliphatic carbocycles. The molecule has 2 amide bonds. The topological polar surface area (TPSA) is 66.0 Å². The van der Waals surface area contributed by atoms with E-state index in [1.165, 1.54) is 6.42 Å². The van der Waals surface area contributed by atoms with Gasteiger partial charge in [-0.3, -0.25) is 4.79 Å². The molecule has 1 aromatic carbocycles. The number of anilines is 1. The molecule has 2 aromatic rings. The first kappa shape index (κ1) is 24.2. The second kappa shape index (κ2) is 10.6. The number of hydrogen-bond acceptors (Lipinski definition) is 5. The number of benzene rings is 1. The van der Waals surface area contributed by atoms with Gasteiger partial charge in [-0.1, -0.05) is 36.9 Å². The van der Waals surface area contributed by atoms with Gasteiger partial charge in [-0.05, 0) is 50.8 Å². The molecule has 0 atom stereocenters. The van der Waals surface area contributed by atoms with Gasteiger partial charge in [0.15, 0.2) is 0 Å². The minimum absolute atomic E-state index is 0.160. The van der Waals surface area contributed by atoms with Gasteiger partial charge in [0.25, 0.3) is 0 Å². The Kier molecular flexibility index (Phi) is 7.32. The van der Waals surface area contributed by atoms with Crippen LogP contribution in [0.2, 0.25) is 5.02 Å². The molecule has 35 heavy (non-hydrogen) atoms. The molecule has 5 rings (SSSR count). The van der Waals surface area contributed by atoms with Crippen molar-refractivity contribution in [3.05, 3.63) is 34.9 Å². The Hall–Kier alpha value is -2.54. The molecular formula is C27H35ClN4O3. The average Bonchev–Trinajstić information content (AvgIpc) is 3.73. The number of nitrogens with zero attached hydrogens (tertiary/aromatic N) is 4. The number of pyridine rings is 1. The third-order valence-corrected chi connectivity index (χ3v) is 7.74. The quantitative estimate of drug-likeness (QED) is 0.545. The maximum atomic E-state index is 13.6. The Morgan fingerprint density at radius 3 is 2.49 bits per heavy atom. The molecule has 7 nitrogen and oxygen atoms in total. The Morgan fingerprint density at radius 2 is 1.80 bits per heavy atom. The first-order valence-corrected chi connectivity index (χ1v) is 13.5. The van der Waals surface area contributed by atoms with E-state index in [0.29, 0.717) is 56.3 Å². The molecule has 1 aromatic heterocycles. The second-order valence-electron chi connectivity index (χ2n) is 10.0. The number of rotatable bonds is 6. The Morgan fingerprint density at radius 1 is 1.06 bits per heavy atom. The fourth-order valence-corrected chi connectivity index (χ4v) is 5.59. The van der Waals surface area contributed by atoms with Crippen molar-refractivity contribution in [3.63, 3.8) is 0 Å². The fourth-order valence-electron chi connectivity index (χ4n) is 5.42. The molecule has 0 bridgehead atoms. The van der Waals surface area contributed by atoms with Crippen LogP contribution >= 0.6 is 11.6 Å². The number of amides is 2. The summed E-state index contributed by atoms with van der Waals surface area (Å²) in [6.45, 7) is 5.30. The predicted octanol–water partition coefficient (Wildman–Crippen LogP) is 5.24. The van der Waals surface area contributed by atoms with Crippen LogP contribution in [-0.2, 0) is 16.1 Å². The molecule has 188 valence electrons. The van der Waals surface area contributed by atoms with Crippen molar-refractivity contribution in [3.8, 4) is 0 Å². The number of hydrogen-bond donors (Lipinski definition) is 0. The van der Waals surface area contributed by atoms with Gasteiger partial charge in [0, 0.05) is 60.7 Å². The van der Waals surface area contributed by atoms with E-state index in [4.69, 9.17) is 21.3 Å². The van der Waals surface area contributed by atoms with Crippen LogP contribution in [0.3, 0.4) is 0 Å². The number of carbonyl (C=O) groups is 2. The maximum Gasteiger partial charge on any atom is 0.409 e. The van der Waals surface area contributed by atoms with Crippen LogP contribution < -0.4 is 4.90 Å². The average molecular weight is 499 g/mol. The third-order valence-electron chi connectivity index (χ3n) is 7.51. The van der Waals surface area contributed by atoms with Crippen molar-refractivity contribution in [1.29, 1.82) is 0 Å². The highest BCUT2D eigenvalue weighted by molar-refractivity contribution is 6.31. The first-order valence-electron chi connectivity index (χ1n) is 13.1. The standard InChI is InChI=1S/C27H35ClN4O3/c1-2-35-27(34)31-14-12-30(13-15-31)25-21(16-20-8-9-22(28)17-24(20)29-25)18-32(23-10-11-23)26(33)19-6-4-3-5-7-19/h8-9,16-17,19,23H,2-7,10-15,18H2,1H3. The number of aromatic nitrogens is 1. The monoisotopic (exact) mass is 498 g/mol. The summed E-state index contributed by atoms with van der Waals surface area (Å²) >= 11 is 6.28. The molecular weight excluding hydrogens is 464 g/mol. The molecule has 8 heteroatoms. The zero-order valence-corrected chi connectivity index (χ0v) is 21.3. The highest BCUT2D eigenvalue weighted by Crippen LogP contribution is 2.35. The number of halogens is 1. The normalized spacial score (nSPS) is 19.1. The van der Waals surface area contributed by atoms with Crippen molar-refractivity contribution >= 4 is 40.3 Å². The van der Waals surface area contributed by atoms with Crippen LogP contribution in [0, 0.1) is 5.92 Å². The molecule has 3 aliphatic rings. The summed E-state index contributed by atoms with van der Waals surface area (Å²) in [4.78, 5) is 36.9. The van der Waals surface area contributed by atoms with Crippen LogP contribution in [-0.4, -0.2) is 65.6 Å². The van der Waals surface area contributed by atoms with E-state index in [2.05, 4.69) is 15.9 Å². The van der Waals surface area contributed by atoms with E-state index in [1.54, 1.807) is 4.90 Å². The lowest BCUT2D eigenvalue weighted by atomic mass is 9.88. The van der Waals surface area contributed by atoms with Gasteiger partial charge < -0.3 is 19.4 Å². The van der Waals surface area contributed by atoms with Crippen molar-refractivity contribution in [1.82, 2.24) is 14.8 Å². The maximum absolute atomic E-state index is 13.6. The number of carbonyl (C=O) groups excluding carboxylic acids is 2. The molecule has 1 aliphatic heterocycles. The summed E-state index contributed by atoms with van der Waals surface area (Å²) in [7, 11) is 0. The SMILES string of the molecule is CCOC(=O)N1CCN(c2nc3cc(Cl)ccc3cc2CN(C(=O)C2CCCCC2)C2CC2)CC1.